The van der Waals surface area contributed by atoms with Gasteiger partial charge in [-0.25, -0.2) is 0 Å². The Kier molecular flexibility index (Phi) is 6.24. The Bertz CT molecular complexity index is 412. The van der Waals surface area contributed by atoms with Crippen LogP contribution in [-0.4, -0.2) is 24.2 Å². The van der Waals surface area contributed by atoms with Crippen molar-refractivity contribution in [3.63, 3.8) is 0 Å². The van der Waals surface area contributed by atoms with Crippen molar-refractivity contribution in [3.8, 4) is 0 Å². The highest BCUT2D eigenvalue weighted by molar-refractivity contribution is 9.10. The van der Waals surface area contributed by atoms with Crippen LogP contribution in [0.25, 0.3) is 0 Å². The molecule has 1 rings (SSSR count). The summed E-state index contributed by atoms with van der Waals surface area (Å²) in [6.07, 6.45) is 0. The number of nitrogens with one attached hydrogen (secondary N) is 1. The minimum Gasteiger partial charge on any atom is -0.380 e. The summed E-state index contributed by atoms with van der Waals surface area (Å²) in [5.74, 6) is 0. The lowest BCUT2D eigenvalue weighted by atomic mass is 10.1. The van der Waals surface area contributed by atoms with Gasteiger partial charge < -0.3 is 10.1 Å². The van der Waals surface area contributed by atoms with Crippen molar-refractivity contribution in [2.45, 2.75) is 26.4 Å². The van der Waals surface area contributed by atoms with Gasteiger partial charge in [0.2, 0.25) is 0 Å². The van der Waals surface area contributed by atoms with Crippen molar-refractivity contribution in [1.29, 1.82) is 0 Å². The summed E-state index contributed by atoms with van der Waals surface area (Å²) in [4.78, 5) is 10.5. The van der Waals surface area contributed by atoms with E-state index in [2.05, 4.69) is 21.2 Å². The molecule has 0 aliphatic carbocycles. The molecule has 0 aliphatic heterocycles. The van der Waals surface area contributed by atoms with Crippen LogP contribution in [-0.2, 0) is 11.3 Å². The first-order valence-corrected chi connectivity index (χ1v) is 6.57. The van der Waals surface area contributed by atoms with E-state index in [-0.39, 0.29) is 16.7 Å². The number of hydrogen-bond donors (Lipinski definition) is 1. The van der Waals surface area contributed by atoms with E-state index in [0.29, 0.717) is 25.3 Å². The number of benzene rings is 1. The molecule has 18 heavy (non-hydrogen) atoms. The summed E-state index contributed by atoms with van der Waals surface area (Å²) in [6.45, 7) is 5.64. The first-order valence-electron chi connectivity index (χ1n) is 5.78. The summed E-state index contributed by atoms with van der Waals surface area (Å²) in [5, 5.41) is 14.1. The van der Waals surface area contributed by atoms with E-state index in [0.717, 1.165) is 4.47 Å². The number of hydrogen-bond acceptors (Lipinski definition) is 4. The molecule has 5 nitrogen and oxygen atoms in total. The second-order valence-electron chi connectivity index (χ2n) is 3.97. The Hall–Kier alpha value is -0.980. The minimum atomic E-state index is -0.364. The van der Waals surface area contributed by atoms with Crippen LogP contribution in [0.3, 0.4) is 0 Å². The fraction of sp³-hybridized carbons (Fsp3) is 0.500. The van der Waals surface area contributed by atoms with Gasteiger partial charge >= 0.3 is 0 Å². The standard InChI is InChI=1S/C12H17BrN2O3/c1-3-18-8-9(2)14-7-10-6-11(13)4-5-12(10)15(16)17/h4-6,9,14H,3,7-8H2,1-2H3. The molecule has 0 bridgehead atoms. The van der Waals surface area contributed by atoms with Crippen LogP contribution in [0.1, 0.15) is 19.4 Å². The maximum atomic E-state index is 10.9. The van der Waals surface area contributed by atoms with Crippen LogP contribution in [0.2, 0.25) is 0 Å². The molecule has 0 saturated heterocycles. The van der Waals surface area contributed by atoms with Crippen molar-refractivity contribution < 1.29 is 9.66 Å². The highest BCUT2D eigenvalue weighted by Crippen LogP contribution is 2.22. The third kappa shape index (κ3) is 4.72. The summed E-state index contributed by atoms with van der Waals surface area (Å²) in [5.41, 5.74) is 0.798. The highest BCUT2D eigenvalue weighted by Gasteiger charge is 2.14. The van der Waals surface area contributed by atoms with Gasteiger partial charge in [-0.15, -0.1) is 0 Å². The third-order valence-corrected chi connectivity index (χ3v) is 2.94. The van der Waals surface area contributed by atoms with Gasteiger partial charge in [0, 0.05) is 35.3 Å². The van der Waals surface area contributed by atoms with E-state index < -0.39 is 0 Å². The lowest BCUT2D eigenvalue weighted by Gasteiger charge is -2.13. The smallest absolute Gasteiger partial charge is 0.273 e. The molecule has 100 valence electrons. The van der Waals surface area contributed by atoms with Crippen molar-refractivity contribution in [1.82, 2.24) is 5.32 Å². The zero-order valence-corrected chi connectivity index (χ0v) is 12.1. The van der Waals surface area contributed by atoms with Gasteiger partial charge in [0.15, 0.2) is 0 Å². The van der Waals surface area contributed by atoms with Crippen molar-refractivity contribution in [2.75, 3.05) is 13.2 Å². The lowest BCUT2D eigenvalue weighted by molar-refractivity contribution is -0.385. The third-order valence-electron chi connectivity index (χ3n) is 2.45. The Balaban J connectivity index is 2.65. The predicted molar refractivity (Wildman–Crippen MR) is 73.6 cm³/mol. The molecule has 0 spiro atoms. The second kappa shape index (κ2) is 7.45. The van der Waals surface area contributed by atoms with E-state index in [1.807, 2.05) is 13.8 Å². The van der Waals surface area contributed by atoms with E-state index in [9.17, 15) is 10.1 Å². The molecule has 1 aromatic rings. The Morgan fingerprint density at radius 1 is 1.56 bits per heavy atom. The molecule has 0 radical (unpaired) electrons. The fourth-order valence-corrected chi connectivity index (χ4v) is 1.92. The van der Waals surface area contributed by atoms with Crippen LogP contribution in [0.15, 0.2) is 22.7 Å². The SMILES string of the molecule is CCOCC(C)NCc1cc(Br)ccc1[N+](=O)[O-]. The topological polar surface area (TPSA) is 64.4 Å². The maximum Gasteiger partial charge on any atom is 0.273 e. The highest BCUT2D eigenvalue weighted by atomic mass is 79.9. The fourth-order valence-electron chi connectivity index (χ4n) is 1.51. The predicted octanol–water partition coefficient (Wildman–Crippen LogP) is 2.87. The molecule has 0 aromatic heterocycles. The summed E-state index contributed by atoms with van der Waals surface area (Å²) in [7, 11) is 0. The van der Waals surface area contributed by atoms with E-state index in [1.54, 1.807) is 12.1 Å². The van der Waals surface area contributed by atoms with Gasteiger partial charge in [0.25, 0.3) is 5.69 Å². The van der Waals surface area contributed by atoms with Crippen molar-refractivity contribution in [2.24, 2.45) is 0 Å². The van der Waals surface area contributed by atoms with Crippen LogP contribution in [0.5, 0.6) is 0 Å². The largest absolute Gasteiger partial charge is 0.380 e. The molecule has 1 atom stereocenters. The van der Waals surface area contributed by atoms with Crippen LogP contribution in [0.4, 0.5) is 5.69 Å². The first-order chi connectivity index (χ1) is 8.54. The summed E-state index contributed by atoms with van der Waals surface area (Å²) < 4.78 is 6.12. The van der Waals surface area contributed by atoms with E-state index >= 15 is 0 Å². The van der Waals surface area contributed by atoms with Crippen LogP contribution < -0.4 is 5.32 Å². The van der Waals surface area contributed by atoms with Gasteiger partial charge in [-0.2, -0.15) is 0 Å². The molecule has 0 saturated carbocycles. The Morgan fingerprint density at radius 3 is 2.89 bits per heavy atom. The van der Waals surface area contributed by atoms with Gasteiger partial charge in [0.1, 0.15) is 0 Å². The molecule has 1 unspecified atom stereocenters. The van der Waals surface area contributed by atoms with Gasteiger partial charge in [-0.3, -0.25) is 10.1 Å². The zero-order valence-electron chi connectivity index (χ0n) is 10.5. The molecule has 0 heterocycles. The van der Waals surface area contributed by atoms with Crippen molar-refractivity contribution in [3.05, 3.63) is 38.3 Å². The average Bonchev–Trinajstić information content (AvgIpc) is 2.33. The number of rotatable bonds is 7. The molecule has 0 aliphatic rings. The Morgan fingerprint density at radius 2 is 2.28 bits per heavy atom. The van der Waals surface area contributed by atoms with Crippen LogP contribution >= 0.6 is 15.9 Å². The molecule has 6 heteroatoms. The number of nitro benzene ring substituents is 1. The number of ether oxygens (including phenoxy) is 1. The van der Waals surface area contributed by atoms with E-state index in [1.165, 1.54) is 6.07 Å². The van der Waals surface area contributed by atoms with E-state index in [4.69, 9.17) is 4.74 Å². The number of nitro groups is 1. The monoisotopic (exact) mass is 316 g/mol. The second-order valence-corrected chi connectivity index (χ2v) is 4.89. The summed E-state index contributed by atoms with van der Waals surface area (Å²) >= 11 is 3.32. The van der Waals surface area contributed by atoms with Crippen LogP contribution in [0, 0.1) is 10.1 Å². The lowest BCUT2D eigenvalue weighted by Crippen LogP contribution is -2.30. The maximum absolute atomic E-state index is 10.9. The zero-order chi connectivity index (χ0) is 13.5. The minimum absolute atomic E-state index is 0.134. The number of halogens is 1. The Labute approximate surface area is 115 Å². The summed E-state index contributed by atoms with van der Waals surface area (Å²) in [6, 6.07) is 5.10. The molecule has 1 aromatic carbocycles. The van der Waals surface area contributed by atoms with Crippen molar-refractivity contribution >= 4 is 21.6 Å². The quantitative estimate of drug-likeness (QED) is 0.620. The van der Waals surface area contributed by atoms with Gasteiger partial charge in [-0.1, -0.05) is 15.9 Å². The molecule has 0 fully saturated rings. The van der Waals surface area contributed by atoms with Gasteiger partial charge in [-0.05, 0) is 26.0 Å². The molecule has 0 amide bonds. The average molecular weight is 317 g/mol. The molecular formula is C12H17BrN2O3. The normalized spacial score (nSPS) is 12.4. The molecule has 1 N–H and O–H groups in total. The van der Waals surface area contributed by atoms with Gasteiger partial charge in [0.05, 0.1) is 11.5 Å². The first kappa shape index (κ1) is 15.1. The number of nitrogens with zero attached hydrogens (tertiary/aromatic N) is 1. The molecular weight excluding hydrogens is 300 g/mol.